The number of hydrogen-bond acceptors (Lipinski definition) is 3. The summed E-state index contributed by atoms with van der Waals surface area (Å²) in [6, 6.07) is -0.0338. The number of ether oxygens (including phenoxy) is 1. The summed E-state index contributed by atoms with van der Waals surface area (Å²) < 4.78 is 39.9. The van der Waals surface area contributed by atoms with E-state index >= 15 is 0 Å². The number of carbonyl (C=O) groups is 1. The van der Waals surface area contributed by atoms with Gasteiger partial charge in [0, 0.05) is 0 Å². The third-order valence-corrected chi connectivity index (χ3v) is 2.03. The van der Waals surface area contributed by atoms with E-state index in [2.05, 4.69) is 4.74 Å². The van der Waals surface area contributed by atoms with Crippen molar-refractivity contribution in [1.82, 2.24) is 0 Å². The molecule has 0 fully saturated rings. The Morgan fingerprint density at radius 3 is 2.46 bits per heavy atom. The van der Waals surface area contributed by atoms with Crippen molar-refractivity contribution in [3.8, 4) is 6.07 Å². The first kappa shape index (κ1) is 12.0. The van der Waals surface area contributed by atoms with E-state index in [1.165, 1.54) is 13.0 Å². The van der Waals surface area contributed by atoms with Gasteiger partial charge in [-0.3, -0.25) is 4.79 Å². The van der Waals surface area contributed by atoms with Crippen molar-refractivity contribution in [1.29, 1.82) is 5.26 Å². The van der Waals surface area contributed by atoms with Crippen molar-refractivity contribution in [2.45, 2.75) is 13.0 Å². The Balaban J connectivity index is 4.21. The molecule has 13 heavy (non-hydrogen) atoms. The van der Waals surface area contributed by atoms with E-state index in [1.54, 1.807) is 0 Å². The number of nitriles is 1. The lowest BCUT2D eigenvalue weighted by atomic mass is 10.2. The van der Waals surface area contributed by atoms with Crippen molar-refractivity contribution in [3.63, 3.8) is 0 Å². The van der Waals surface area contributed by atoms with Gasteiger partial charge in [-0.25, -0.2) is 12.3 Å². The van der Waals surface area contributed by atoms with E-state index in [0.29, 0.717) is 0 Å². The van der Waals surface area contributed by atoms with Crippen LogP contribution in [-0.2, 0) is 9.53 Å². The summed E-state index contributed by atoms with van der Waals surface area (Å²) in [7, 11) is -5.86. The predicted octanol–water partition coefficient (Wildman–Crippen LogP) is 1.54. The molecule has 0 amide bonds. The molecular weight excluding hydrogens is 203 g/mol. The van der Waals surface area contributed by atoms with Gasteiger partial charge in [-0.1, -0.05) is 0 Å². The number of hydrogen-bond donors (Lipinski definition) is 0. The second-order valence-corrected chi connectivity index (χ2v) is 3.89. The fourth-order valence-corrected chi connectivity index (χ4v) is 1.38. The third-order valence-electron chi connectivity index (χ3n) is 1.16. The lowest BCUT2D eigenvalue weighted by molar-refractivity contribution is -0.145. The molecule has 0 aliphatic carbocycles. The molecule has 0 rings (SSSR count). The maximum Gasteiger partial charge on any atom is 0.618 e. The smallest absolute Gasteiger partial charge is 0.465 e. The van der Waals surface area contributed by atoms with E-state index in [9.17, 15) is 17.1 Å². The van der Waals surface area contributed by atoms with Crippen LogP contribution >= 0.6 is 0 Å². The van der Waals surface area contributed by atoms with E-state index in [4.69, 9.17) is 5.26 Å². The van der Waals surface area contributed by atoms with Crippen LogP contribution in [0.15, 0.2) is 0 Å². The van der Waals surface area contributed by atoms with Crippen molar-refractivity contribution in [2.24, 2.45) is 5.92 Å². The van der Waals surface area contributed by atoms with Gasteiger partial charge in [0.05, 0.1) is 18.7 Å². The summed E-state index contributed by atoms with van der Waals surface area (Å²) in [4.78, 5) is 10.7. The molecular formula is C6H8F3NO2Si. The molecule has 0 aromatic carbocycles. The standard InChI is InChI=1S/C6H8F3NO2Si/c1-2-12-6(11)5(3-10)4-13(7,8)9/h5H,2,4H2,1H3. The van der Waals surface area contributed by atoms with Crippen LogP contribution in [0, 0.1) is 17.2 Å². The lowest BCUT2D eigenvalue weighted by Gasteiger charge is -2.07. The average molecular weight is 211 g/mol. The van der Waals surface area contributed by atoms with Crippen LogP contribution in [0.1, 0.15) is 6.92 Å². The van der Waals surface area contributed by atoms with Gasteiger partial charge in [-0.2, -0.15) is 5.26 Å². The number of rotatable bonds is 4. The molecule has 0 aromatic heterocycles. The summed E-state index contributed by atoms with van der Waals surface area (Å²) >= 11 is 0. The van der Waals surface area contributed by atoms with E-state index < -0.39 is 27.0 Å². The average Bonchev–Trinajstić information content (AvgIpc) is 1.99. The molecule has 0 N–H and O–H groups in total. The van der Waals surface area contributed by atoms with Crippen LogP contribution in [-0.4, -0.2) is 21.7 Å². The van der Waals surface area contributed by atoms with Gasteiger partial charge >= 0.3 is 15.0 Å². The summed E-state index contributed by atoms with van der Waals surface area (Å²) in [6.45, 7) is 1.45. The molecule has 1 atom stereocenters. The Bertz CT molecular complexity index is 223. The molecule has 0 saturated carbocycles. The van der Waals surface area contributed by atoms with Gasteiger partial charge in [-0.05, 0) is 6.92 Å². The molecule has 0 aromatic rings. The Kier molecular flexibility index (Phi) is 4.48. The van der Waals surface area contributed by atoms with Crippen LogP contribution < -0.4 is 0 Å². The molecule has 0 aliphatic heterocycles. The Labute approximate surface area is 74.6 Å². The zero-order valence-electron chi connectivity index (χ0n) is 6.89. The minimum absolute atomic E-state index is 0.0174. The highest BCUT2D eigenvalue weighted by atomic mass is 28.5. The molecule has 0 heterocycles. The first-order chi connectivity index (χ1) is 5.90. The molecule has 0 bridgehead atoms. The highest BCUT2D eigenvalue weighted by molar-refractivity contribution is 6.58. The Morgan fingerprint density at radius 1 is 1.62 bits per heavy atom. The lowest BCUT2D eigenvalue weighted by Crippen LogP contribution is -2.25. The first-order valence-electron chi connectivity index (χ1n) is 3.53. The molecule has 3 nitrogen and oxygen atoms in total. The topological polar surface area (TPSA) is 50.1 Å². The molecule has 7 heteroatoms. The largest absolute Gasteiger partial charge is 0.618 e. The van der Waals surface area contributed by atoms with Gasteiger partial charge in [0.25, 0.3) is 0 Å². The predicted molar refractivity (Wildman–Crippen MR) is 39.6 cm³/mol. The normalized spacial score (nSPS) is 13.2. The van der Waals surface area contributed by atoms with Crippen molar-refractivity contribution >= 4 is 15.0 Å². The summed E-state index contributed by atoms with van der Waals surface area (Å²) in [6.07, 6.45) is 0. The summed E-state index contributed by atoms with van der Waals surface area (Å²) in [5.74, 6) is -2.78. The Hall–Kier alpha value is -1.03. The fourth-order valence-electron chi connectivity index (χ4n) is 0.656. The fraction of sp³-hybridized carbons (Fsp3) is 0.667. The van der Waals surface area contributed by atoms with E-state index in [0.717, 1.165) is 0 Å². The molecule has 0 spiro atoms. The van der Waals surface area contributed by atoms with Crippen LogP contribution in [0.3, 0.4) is 0 Å². The minimum Gasteiger partial charge on any atom is -0.465 e. The maximum absolute atomic E-state index is 11.9. The molecule has 0 saturated heterocycles. The van der Waals surface area contributed by atoms with Crippen molar-refractivity contribution in [3.05, 3.63) is 0 Å². The third kappa shape index (κ3) is 5.24. The zero-order valence-corrected chi connectivity index (χ0v) is 7.89. The molecule has 1 unspecified atom stereocenters. The number of carbonyl (C=O) groups excluding carboxylic acids is 1. The highest BCUT2D eigenvalue weighted by Crippen LogP contribution is 2.21. The molecule has 74 valence electrons. The van der Waals surface area contributed by atoms with Crippen LogP contribution in [0.25, 0.3) is 0 Å². The second kappa shape index (κ2) is 4.86. The summed E-state index contributed by atoms with van der Waals surface area (Å²) in [5, 5.41) is 8.26. The quantitative estimate of drug-likeness (QED) is 0.402. The number of nitrogens with zero attached hydrogens (tertiary/aromatic N) is 1. The monoisotopic (exact) mass is 211 g/mol. The molecule has 0 radical (unpaired) electrons. The second-order valence-electron chi connectivity index (χ2n) is 2.25. The van der Waals surface area contributed by atoms with Crippen LogP contribution in [0.5, 0.6) is 0 Å². The van der Waals surface area contributed by atoms with Crippen LogP contribution in [0.4, 0.5) is 12.3 Å². The zero-order chi connectivity index (χ0) is 10.5. The van der Waals surface area contributed by atoms with E-state index in [1.807, 2.05) is 0 Å². The van der Waals surface area contributed by atoms with Gasteiger partial charge in [-0.15, -0.1) is 0 Å². The molecule has 0 aliphatic rings. The van der Waals surface area contributed by atoms with Crippen LogP contribution in [0.2, 0.25) is 6.04 Å². The minimum atomic E-state index is -5.86. The van der Waals surface area contributed by atoms with Crippen molar-refractivity contribution in [2.75, 3.05) is 6.61 Å². The van der Waals surface area contributed by atoms with Gasteiger partial charge in [0.2, 0.25) is 0 Å². The highest BCUT2D eigenvalue weighted by Gasteiger charge is 2.42. The van der Waals surface area contributed by atoms with E-state index in [-0.39, 0.29) is 6.61 Å². The number of halogens is 3. The van der Waals surface area contributed by atoms with Crippen molar-refractivity contribution < 1.29 is 21.9 Å². The maximum atomic E-state index is 11.9. The summed E-state index contributed by atoms with van der Waals surface area (Å²) in [5.41, 5.74) is 0. The Morgan fingerprint density at radius 2 is 2.15 bits per heavy atom. The number of esters is 1. The SMILES string of the molecule is CCOC(=O)C(C#N)C[Si](F)(F)F. The van der Waals surface area contributed by atoms with Gasteiger partial charge < -0.3 is 4.74 Å². The van der Waals surface area contributed by atoms with Gasteiger partial charge in [0.1, 0.15) is 5.92 Å². The van der Waals surface area contributed by atoms with Gasteiger partial charge in [0.15, 0.2) is 0 Å². The first-order valence-corrected chi connectivity index (χ1v) is 5.37.